The predicted molar refractivity (Wildman–Crippen MR) is 106 cm³/mol. The number of rotatable bonds is 4. The number of benzene rings is 2. The monoisotopic (exact) mass is 381 g/mol. The first-order valence-electron chi connectivity index (χ1n) is 8.09. The molecule has 7 nitrogen and oxygen atoms in total. The van der Waals surface area contributed by atoms with Crippen LogP contribution in [0.5, 0.6) is 0 Å². The number of nitrogens with two attached hydrogens (primary N) is 1. The van der Waals surface area contributed by atoms with E-state index in [0.717, 1.165) is 11.1 Å². The van der Waals surface area contributed by atoms with Gasteiger partial charge in [0.25, 0.3) is 5.91 Å². The molecule has 138 valence electrons. The van der Waals surface area contributed by atoms with E-state index in [9.17, 15) is 9.00 Å². The van der Waals surface area contributed by atoms with E-state index in [1.54, 1.807) is 24.3 Å². The molecule has 0 radical (unpaired) electrons. The van der Waals surface area contributed by atoms with Crippen LogP contribution in [0, 0.1) is 11.7 Å². The van der Waals surface area contributed by atoms with E-state index in [-0.39, 0.29) is 11.5 Å². The van der Waals surface area contributed by atoms with Gasteiger partial charge in [0, 0.05) is 22.4 Å². The Labute approximate surface area is 157 Å². The fourth-order valence-electron chi connectivity index (χ4n) is 2.42. The van der Waals surface area contributed by atoms with E-state index in [4.69, 9.17) is 10.5 Å². The molecule has 2 aromatic carbocycles. The van der Waals surface area contributed by atoms with Crippen molar-refractivity contribution in [3.63, 3.8) is 0 Å². The first kappa shape index (κ1) is 18.5. The summed E-state index contributed by atoms with van der Waals surface area (Å²) in [6.45, 7) is 1.99. The van der Waals surface area contributed by atoms with Gasteiger partial charge in [0.2, 0.25) is 0 Å². The van der Waals surface area contributed by atoms with Crippen molar-refractivity contribution in [1.82, 2.24) is 9.97 Å². The quantitative estimate of drug-likeness (QED) is 0.640. The molecular formula is C19H19N5O2S. The van der Waals surface area contributed by atoms with Crippen LogP contribution in [0.3, 0.4) is 0 Å². The summed E-state index contributed by atoms with van der Waals surface area (Å²) in [6, 6.07) is 14.0. The summed E-state index contributed by atoms with van der Waals surface area (Å²) in [6.07, 6.45) is 2.87. The standard InChI is InChI=1S/C19H19N5O2S/c1-12-3-5-13(6-4-12)16-11-22-18(20)17(24-16)19(25)23-14-7-9-15(10-8-14)27(2,21)26/h3-11,21H,1-2H3,(H2,20,22)(H,23,25). The summed E-state index contributed by atoms with van der Waals surface area (Å²) in [4.78, 5) is 21.4. The highest BCUT2D eigenvalue weighted by Gasteiger charge is 2.15. The van der Waals surface area contributed by atoms with Crippen LogP contribution in [0.25, 0.3) is 11.3 Å². The number of carbonyl (C=O) groups is 1. The van der Waals surface area contributed by atoms with E-state index in [0.29, 0.717) is 16.3 Å². The summed E-state index contributed by atoms with van der Waals surface area (Å²) in [5.74, 6) is -0.465. The minimum Gasteiger partial charge on any atom is -0.382 e. The third kappa shape index (κ3) is 4.29. The van der Waals surface area contributed by atoms with Crippen molar-refractivity contribution >= 4 is 27.1 Å². The lowest BCUT2D eigenvalue weighted by Crippen LogP contribution is -2.17. The molecule has 0 saturated carbocycles. The van der Waals surface area contributed by atoms with Crippen molar-refractivity contribution in [1.29, 1.82) is 4.78 Å². The molecule has 1 unspecified atom stereocenters. The Morgan fingerprint density at radius 2 is 1.74 bits per heavy atom. The molecule has 0 aliphatic heterocycles. The van der Waals surface area contributed by atoms with Gasteiger partial charge >= 0.3 is 0 Å². The SMILES string of the molecule is Cc1ccc(-c2cnc(N)c(C(=O)Nc3ccc(S(C)(=N)=O)cc3)n2)cc1. The number of nitrogen functional groups attached to an aromatic ring is 1. The topological polar surface area (TPSA) is 122 Å². The van der Waals surface area contributed by atoms with E-state index in [2.05, 4.69) is 15.3 Å². The second kappa shape index (κ2) is 7.16. The van der Waals surface area contributed by atoms with Crippen molar-refractivity contribution < 1.29 is 9.00 Å². The fraction of sp³-hybridized carbons (Fsp3) is 0.105. The van der Waals surface area contributed by atoms with E-state index in [1.165, 1.54) is 12.5 Å². The molecule has 1 heterocycles. The Bertz CT molecular complexity index is 1090. The molecule has 1 amide bonds. The van der Waals surface area contributed by atoms with Crippen LogP contribution < -0.4 is 11.1 Å². The number of anilines is 2. The smallest absolute Gasteiger partial charge is 0.278 e. The molecule has 8 heteroatoms. The number of carbonyl (C=O) groups excluding carboxylic acids is 1. The number of nitrogens with one attached hydrogen (secondary N) is 2. The van der Waals surface area contributed by atoms with Gasteiger partial charge in [-0.05, 0) is 31.2 Å². The minimum absolute atomic E-state index is 0.0249. The van der Waals surface area contributed by atoms with Gasteiger partial charge in [0.1, 0.15) is 0 Å². The Morgan fingerprint density at radius 1 is 1.11 bits per heavy atom. The summed E-state index contributed by atoms with van der Waals surface area (Å²) >= 11 is 0. The van der Waals surface area contributed by atoms with E-state index in [1.807, 2.05) is 31.2 Å². The Morgan fingerprint density at radius 3 is 2.33 bits per heavy atom. The molecule has 0 fully saturated rings. The van der Waals surface area contributed by atoms with Crippen molar-refractivity contribution in [3.8, 4) is 11.3 Å². The Kier molecular flexibility index (Phi) is 4.91. The number of hydrogen-bond acceptors (Lipinski definition) is 6. The normalized spacial score (nSPS) is 13.0. The van der Waals surface area contributed by atoms with Crippen molar-refractivity contribution in [2.24, 2.45) is 0 Å². The second-order valence-electron chi connectivity index (χ2n) is 6.18. The third-order valence-corrected chi connectivity index (χ3v) is 5.10. The molecule has 0 saturated heterocycles. The van der Waals surface area contributed by atoms with Gasteiger partial charge in [-0.15, -0.1) is 0 Å². The largest absolute Gasteiger partial charge is 0.382 e. The average Bonchev–Trinajstić information content (AvgIpc) is 2.62. The van der Waals surface area contributed by atoms with E-state index >= 15 is 0 Å². The molecule has 1 atom stereocenters. The summed E-state index contributed by atoms with van der Waals surface area (Å²) < 4.78 is 19.3. The Balaban J connectivity index is 1.86. The molecule has 1 aromatic heterocycles. The zero-order valence-electron chi connectivity index (χ0n) is 14.9. The van der Waals surface area contributed by atoms with Gasteiger partial charge < -0.3 is 11.1 Å². The number of aromatic nitrogens is 2. The molecule has 3 rings (SSSR count). The highest BCUT2D eigenvalue weighted by molar-refractivity contribution is 7.91. The van der Waals surface area contributed by atoms with Crippen LogP contribution in [0.1, 0.15) is 16.1 Å². The lowest BCUT2D eigenvalue weighted by molar-refractivity contribution is 0.102. The van der Waals surface area contributed by atoms with Gasteiger partial charge in [-0.2, -0.15) is 0 Å². The molecule has 3 aromatic rings. The summed E-state index contributed by atoms with van der Waals surface area (Å²) in [5, 5.41) is 2.69. The maximum absolute atomic E-state index is 12.6. The first-order valence-corrected chi connectivity index (χ1v) is 10.1. The van der Waals surface area contributed by atoms with Crippen LogP contribution in [0.15, 0.2) is 59.6 Å². The van der Waals surface area contributed by atoms with Gasteiger partial charge in [-0.3, -0.25) is 4.79 Å². The van der Waals surface area contributed by atoms with Gasteiger partial charge in [0.05, 0.1) is 21.6 Å². The number of hydrogen-bond donors (Lipinski definition) is 3. The van der Waals surface area contributed by atoms with Crippen LogP contribution in [-0.4, -0.2) is 26.3 Å². The van der Waals surface area contributed by atoms with E-state index < -0.39 is 15.6 Å². The number of nitrogens with zero attached hydrogens (tertiary/aromatic N) is 2. The zero-order chi connectivity index (χ0) is 19.6. The van der Waals surface area contributed by atoms with Gasteiger partial charge in [0.15, 0.2) is 11.5 Å². The van der Waals surface area contributed by atoms with Gasteiger partial charge in [-0.25, -0.2) is 19.0 Å². The molecule has 27 heavy (non-hydrogen) atoms. The highest BCUT2D eigenvalue weighted by Crippen LogP contribution is 2.20. The number of amides is 1. The molecule has 4 N–H and O–H groups in total. The number of aryl methyl sites for hydroxylation is 1. The summed E-state index contributed by atoms with van der Waals surface area (Å²) in [7, 11) is -2.80. The van der Waals surface area contributed by atoms with Crippen LogP contribution in [-0.2, 0) is 9.73 Å². The molecule has 0 spiro atoms. The van der Waals surface area contributed by atoms with Gasteiger partial charge in [-0.1, -0.05) is 29.8 Å². The third-order valence-electron chi connectivity index (χ3n) is 3.93. The van der Waals surface area contributed by atoms with Crippen LogP contribution in [0.4, 0.5) is 11.5 Å². The maximum atomic E-state index is 12.6. The first-order chi connectivity index (χ1) is 12.7. The molecular weight excluding hydrogens is 362 g/mol. The van der Waals surface area contributed by atoms with Crippen LogP contribution >= 0.6 is 0 Å². The molecule has 0 bridgehead atoms. The maximum Gasteiger partial charge on any atom is 0.278 e. The minimum atomic E-state index is -2.80. The zero-order valence-corrected chi connectivity index (χ0v) is 15.7. The lowest BCUT2D eigenvalue weighted by Gasteiger charge is -2.09. The summed E-state index contributed by atoms with van der Waals surface area (Å²) in [5.41, 5.74) is 8.83. The van der Waals surface area contributed by atoms with Crippen molar-refractivity contribution in [2.75, 3.05) is 17.3 Å². The van der Waals surface area contributed by atoms with Crippen molar-refractivity contribution in [3.05, 3.63) is 66.0 Å². The molecule has 0 aliphatic rings. The van der Waals surface area contributed by atoms with Crippen LogP contribution in [0.2, 0.25) is 0 Å². The average molecular weight is 381 g/mol. The highest BCUT2D eigenvalue weighted by atomic mass is 32.2. The fourth-order valence-corrected chi connectivity index (χ4v) is 3.07. The second-order valence-corrected chi connectivity index (χ2v) is 8.34. The predicted octanol–water partition coefficient (Wildman–Crippen LogP) is 3.32. The Hall–Kier alpha value is -3.26. The lowest BCUT2D eigenvalue weighted by atomic mass is 10.1. The van der Waals surface area contributed by atoms with Crippen molar-refractivity contribution in [2.45, 2.75) is 11.8 Å². The molecule has 0 aliphatic carbocycles.